The predicted octanol–water partition coefficient (Wildman–Crippen LogP) is 2.17. The molecule has 0 saturated heterocycles. The zero-order valence-corrected chi connectivity index (χ0v) is 13.3. The van der Waals surface area contributed by atoms with Crippen LogP contribution in [-0.4, -0.2) is 40.2 Å². The van der Waals surface area contributed by atoms with Crippen molar-refractivity contribution in [2.24, 2.45) is 0 Å². The van der Waals surface area contributed by atoms with E-state index >= 15 is 0 Å². The van der Waals surface area contributed by atoms with E-state index < -0.39 is 0 Å². The molecule has 2 rings (SSSR count). The van der Waals surface area contributed by atoms with Crippen molar-refractivity contribution in [1.82, 2.24) is 20.0 Å². The molecule has 1 aliphatic rings. The molecule has 0 aromatic carbocycles. The van der Waals surface area contributed by atoms with Gasteiger partial charge in [-0.3, -0.25) is 14.4 Å². The van der Waals surface area contributed by atoms with Gasteiger partial charge in [0.05, 0.1) is 12.7 Å². The molecular weight excluding hydrogens is 264 g/mol. The van der Waals surface area contributed by atoms with Crippen molar-refractivity contribution in [3.05, 3.63) is 18.0 Å². The normalized spacial score (nSPS) is 16.9. The summed E-state index contributed by atoms with van der Waals surface area (Å²) in [5.41, 5.74) is 1.15. The van der Waals surface area contributed by atoms with Crippen molar-refractivity contribution in [1.29, 1.82) is 0 Å². The molecule has 1 aliphatic carbocycles. The van der Waals surface area contributed by atoms with Crippen molar-refractivity contribution in [2.45, 2.75) is 64.6 Å². The zero-order chi connectivity index (χ0) is 15.1. The van der Waals surface area contributed by atoms with Gasteiger partial charge in [0.15, 0.2) is 0 Å². The number of hydrogen-bond acceptors (Lipinski definition) is 3. The Morgan fingerprint density at radius 1 is 1.38 bits per heavy atom. The maximum Gasteiger partial charge on any atom is 0.234 e. The van der Waals surface area contributed by atoms with Crippen LogP contribution in [0.1, 0.15) is 51.0 Å². The molecule has 0 bridgehead atoms. The number of aryl methyl sites for hydroxylation is 1. The van der Waals surface area contributed by atoms with E-state index in [9.17, 15) is 4.79 Å². The molecule has 1 aromatic heterocycles. The highest BCUT2D eigenvalue weighted by Gasteiger charge is 2.15. The summed E-state index contributed by atoms with van der Waals surface area (Å²) >= 11 is 0. The van der Waals surface area contributed by atoms with Crippen LogP contribution in [0.4, 0.5) is 0 Å². The Balaban J connectivity index is 1.73. The van der Waals surface area contributed by atoms with Crippen molar-refractivity contribution in [3.63, 3.8) is 0 Å². The molecule has 21 heavy (non-hydrogen) atoms. The Bertz CT molecular complexity index is 435. The molecule has 1 saturated carbocycles. The number of likely N-dealkylation sites (N-methyl/N-ethyl adjacent to an activating group) is 1. The van der Waals surface area contributed by atoms with E-state index in [1.807, 2.05) is 29.0 Å². The predicted molar refractivity (Wildman–Crippen MR) is 83.9 cm³/mol. The maximum absolute atomic E-state index is 12.1. The number of rotatable bonds is 6. The van der Waals surface area contributed by atoms with Crippen LogP contribution in [0.25, 0.3) is 0 Å². The monoisotopic (exact) mass is 292 g/mol. The third-order valence-electron chi connectivity index (χ3n) is 4.10. The first-order valence-corrected chi connectivity index (χ1v) is 8.16. The van der Waals surface area contributed by atoms with Crippen molar-refractivity contribution >= 4 is 5.91 Å². The molecule has 1 amide bonds. The second-order valence-electron chi connectivity index (χ2n) is 6.13. The van der Waals surface area contributed by atoms with Gasteiger partial charge in [-0.15, -0.1) is 0 Å². The molecule has 1 fully saturated rings. The number of carbonyl (C=O) groups excluding carboxylic acids is 1. The topological polar surface area (TPSA) is 50.2 Å². The van der Waals surface area contributed by atoms with E-state index in [2.05, 4.69) is 17.3 Å². The Kier molecular flexibility index (Phi) is 6.23. The SMILES string of the molecule is CCn1cc(CN(C)CC(=O)NC2CCCCCC2)cn1. The van der Waals surface area contributed by atoms with Crippen molar-refractivity contribution < 1.29 is 4.79 Å². The minimum Gasteiger partial charge on any atom is -0.352 e. The summed E-state index contributed by atoms with van der Waals surface area (Å²) in [6.45, 7) is 4.17. The Labute approximate surface area is 127 Å². The van der Waals surface area contributed by atoms with E-state index in [-0.39, 0.29) is 5.91 Å². The second-order valence-corrected chi connectivity index (χ2v) is 6.13. The highest BCUT2D eigenvalue weighted by atomic mass is 16.2. The molecule has 0 atom stereocenters. The summed E-state index contributed by atoms with van der Waals surface area (Å²) in [4.78, 5) is 14.2. The summed E-state index contributed by atoms with van der Waals surface area (Å²) in [5.74, 6) is 0.146. The zero-order valence-electron chi connectivity index (χ0n) is 13.3. The molecule has 0 aliphatic heterocycles. The summed E-state index contributed by atoms with van der Waals surface area (Å²) in [6.07, 6.45) is 11.3. The second kappa shape index (κ2) is 8.17. The van der Waals surface area contributed by atoms with Crippen LogP contribution >= 0.6 is 0 Å². The van der Waals surface area contributed by atoms with Crippen LogP contribution in [0.15, 0.2) is 12.4 Å². The largest absolute Gasteiger partial charge is 0.352 e. The lowest BCUT2D eigenvalue weighted by atomic mass is 10.1. The molecule has 5 nitrogen and oxygen atoms in total. The molecule has 1 heterocycles. The van der Waals surface area contributed by atoms with Gasteiger partial charge in [-0.2, -0.15) is 5.10 Å². The molecule has 5 heteroatoms. The Morgan fingerprint density at radius 3 is 2.71 bits per heavy atom. The Morgan fingerprint density at radius 2 is 2.10 bits per heavy atom. The number of nitrogens with zero attached hydrogens (tertiary/aromatic N) is 3. The summed E-state index contributed by atoms with van der Waals surface area (Å²) in [6, 6.07) is 0.385. The first-order chi connectivity index (χ1) is 10.2. The third kappa shape index (κ3) is 5.50. The average Bonchev–Trinajstić information content (AvgIpc) is 2.73. The third-order valence-corrected chi connectivity index (χ3v) is 4.10. The molecule has 0 unspecified atom stereocenters. The van der Waals surface area contributed by atoms with E-state index in [1.165, 1.54) is 25.7 Å². The molecule has 0 spiro atoms. The quantitative estimate of drug-likeness (QED) is 0.818. The summed E-state index contributed by atoms with van der Waals surface area (Å²) < 4.78 is 1.91. The van der Waals surface area contributed by atoms with Gasteiger partial charge in [-0.25, -0.2) is 0 Å². The van der Waals surface area contributed by atoms with Crippen molar-refractivity contribution in [2.75, 3.05) is 13.6 Å². The van der Waals surface area contributed by atoms with Crippen molar-refractivity contribution in [3.8, 4) is 0 Å². The fourth-order valence-corrected chi connectivity index (χ4v) is 2.97. The van der Waals surface area contributed by atoms with Gasteiger partial charge in [0, 0.05) is 30.9 Å². The smallest absolute Gasteiger partial charge is 0.234 e. The van der Waals surface area contributed by atoms with E-state index in [0.29, 0.717) is 12.6 Å². The van der Waals surface area contributed by atoms with Gasteiger partial charge in [-0.1, -0.05) is 25.7 Å². The minimum atomic E-state index is 0.146. The van der Waals surface area contributed by atoms with Crippen LogP contribution in [0.5, 0.6) is 0 Å². The van der Waals surface area contributed by atoms with Gasteiger partial charge >= 0.3 is 0 Å². The van der Waals surface area contributed by atoms with E-state index in [1.54, 1.807) is 0 Å². The highest BCUT2D eigenvalue weighted by Crippen LogP contribution is 2.17. The summed E-state index contributed by atoms with van der Waals surface area (Å²) in [7, 11) is 1.98. The first kappa shape index (κ1) is 16.0. The lowest BCUT2D eigenvalue weighted by Gasteiger charge is -2.20. The van der Waals surface area contributed by atoms with Gasteiger partial charge in [0.1, 0.15) is 0 Å². The fraction of sp³-hybridized carbons (Fsp3) is 0.750. The van der Waals surface area contributed by atoms with Crippen LogP contribution in [0.3, 0.4) is 0 Å². The maximum atomic E-state index is 12.1. The van der Waals surface area contributed by atoms with E-state index in [0.717, 1.165) is 31.5 Å². The van der Waals surface area contributed by atoms with Gasteiger partial charge in [-0.05, 0) is 26.8 Å². The standard InChI is InChI=1S/C16H28N4O/c1-3-20-12-14(10-17-20)11-19(2)13-16(21)18-15-8-6-4-5-7-9-15/h10,12,15H,3-9,11,13H2,1-2H3,(H,18,21). The number of hydrogen-bond donors (Lipinski definition) is 1. The lowest BCUT2D eigenvalue weighted by molar-refractivity contribution is -0.122. The van der Waals surface area contributed by atoms with Crippen LogP contribution < -0.4 is 5.32 Å². The first-order valence-electron chi connectivity index (χ1n) is 8.16. The molecule has 1 aromatic rings. The molecular formula is C16H28N4O. The Hall–Kier alpha value is -1.36. The van der Waals surface area contributed by atoms with Gasteiger partial charge < -0.3 is 5.32 Å². The molecule has 0 radical (unpaired) electrons. The summed E-state index contributed by atoms with van der Waals surface area (Å²) in [5, 5.41) is 7.45. The van der Waals surface area contributed by atoms with Gasteiger partial charge in [0.2, 0.25) is 5.91 Å². The van der Waals surface area contributed by atoms with Crippen LogP contribution in [-0.2, 0) is 17.9 Å². The van der Waals surface area contributed by atoms with E-state index in [4.69, 9.17) is 0 Å². The number of amides is 1. The number of carbonyl (C=O) groups is 1. The van der Waals surface area contributed by atoms with Crippen LogP contribution in [0.2, 0.25) is 0 Å². The lowest BCUT2D eigenvalue weighted by Crippen LogP contribution is -2.40. The highest BCUT2D eigenvalue weighted by molar-refractivity contribution is 5.78. The minimum absolute atomic E-state index is 0.146. The number of nitrogens with one attached hydrogen (secondary N) is 1. The molecule has 1 N–H and O–H groups in total. The molecule has 118 valence electrons. The number of aromatic nitrogens is 2. The van der Waals surface area contributed by atoms with Gasteiger partial charge in [0.25, 0.3) is 0 Å². The average molecular weight is 292 g/mol. The fourth-order valence-electron chi connectivity index (χ4n) is 2.97. The van der Waals surface area contributed by atoms with Crippen LogP contribution in [0, 0.1) is 0 Å².